The molecule has 15 heavy (non-hydrogen) atoms. The van der Waals surface area contributed by atoms with Crippen LogP contribution < -0.4 is 11.1 Å². The molecule has 1 aliphatic heterocycles. The van der Waals surface area contributed by atoms with Gasteiger partial charge in [0.1, 0.15) is 0 Å². The van der Waals surface area contributed by atoms with E-state index >= 15 is 0 Å². The Morgan fingerprint density at radius 1 is 1.73 bits per heavy atom. The van der Waals surface area contributed by atoms with E-state index in [0.29, 0.717) is 18.9 Å². The van der Waals surface area contributed by atoms with Gasteiger partial charge in [-0.15, -0.1) is 0 Å². The molecule has 1 aliphatic rings. The number of likely N-dealkylation sites (N-methyl/N-ethyl adjacent to an activating group) is 1. The van der Waals surface area contributed by atoms with Crippen LogP contribution in [0.15, 0.2) is 0 Å². The molecule has 0 saturated carbocycles. The van der Waals surface area contributed by atoms with E-state index in [1.807, 2.05) is 0 Å². The van der Waals surface area contributed by atoms with Crippen molar-refractivity contribution in [2.75, 3.05) is 33.5 Å². The number of nitrogens with two attached hydrogens (primary N) is 1. The Hall–Kier alpha value is -0.650. The number of hydrogen-bond donors (Lipinski definition) is 2. The highest BCUT2D eigenvalue weighted by atomic mass is 16.5. The normalized spacial score (nSPS) is 22.9. The molecule has 1 rings (SSSR count). The van der Waals surface area contributed by atoms with Crippen LogP contribution in [0.1, 0.15) is 12.8 Å². The Balaban J connectivity index is 2.02. The fourth-order valence-corrected chi connectivity index (χ4v) is 1.59. The molecule has 0 aromatic rings. The maximum Gasteiger partial charge on any atom is 0.234 e. The summed E-state index contributed by atoms with van der Waals surface area (Å²) < 4.78 is 10.7. The highest BCUT2D eigenvalue weighted by molar-refractivity contribution is 5.79. The van der Waals surface area contributed by atoms with Crippen molar-refractivity contribution >= 4 is 5.91 Å². The van der Waals surface area contributed by atoms with Crippen LogP contribution in [0.2, 0.25) is 0 Å². The number of hydrogen-bond acceptors (Lipinski definition) is 4. The first kappa shape index (κ1) is 12.4. The zero-order valence-electron chi connectivity index (χ0n) is 9.20. The third-order valence-corrected chi connectivity index (χ3v) is 2.62. The first-order valence-corrected chi connectivity index (χ1v) is 5.36. The van der Waals surface area contributed by atoms with Crippen molar-refractivity contribution in [3.8, 4) is 0 Å². The lowest BCUT2D eigenvalue weighted by Crippen LogP contribution is -2.40. The summed E-state index contributed by atoms with van der Waals surface area (Å²) in [7, 11) is 1.72. The maximum absolute atomic E-state index is 10.9. The topological polar surface area (TPSA) is 73.6 Å². The van der Waals surface area contributed by atoms with E-state index in [4.69, 9.17) is 15.2 Å². The van der Waals surface area contributed by atoms with Gasteiger partial charge in [-0.2, -0.15) is 0 Å². The van der Waals surface area contributed by atoms with Gasteiger partial charge < -0.3 is 20.5 Å². The van der Waals surface area contributed by atoms with E-state index in [2.05, 4.69) is 5.32 Å². The van der Waals surface area contributed by atoms with Gasteiger partial charge in [-0.05, 0) is 19.9 Å². The summed E-state index contributed by atoms with van der Waals surface area (Å²) >= 11 is 0. The third-order valence-electron chi connectivity index (χ3n) is 2.62. The predicted molar refractivity (Wildman–Crippen MR) is 56.4 cm³/mol. The van der Waals surface area contributed by atoms with Gasteiger partial charge in [0.15, 0.2) is 0 Å². The molecule has 2 unspecified atom stereocenters. The lowest BCUT2D eigenvalue weighted by molar-refractivity contribution is -0.120. The summed E-state index contributed by atoms with van der Waals surface area (Å²) in [6, 6.07) is -0.287. The zero-order valence-corrected chi connectivity index (χ0v) is 9.20. The summed E-state index contributed by atoms with van der Waals surface area (Å²) in [5.41, 5.74) is 5.17. The number of rotatable bonds is 7. The summed E-state index contributed by atoms with van der Waals surface area (Å²) in [5, 5.41) is 2.85. The number of ether oxygens (including phenoxy) is 2. The van der Waals surface area contributed by atoms with E-state index in [1.54, 1.807) is 7.05 Å². The quantitative estimate of drug-likeness (QED) is 0.563. The molecule has 1 amide bonds. The van der Waals surface area contributed by atoms with Crippen LogP contribution in [0, 0.1) is 5.92 Å². The van der Waals surface area contributed by atoms with Crippen molar-refractivity contribution in [3.63, 3.8) is 0 Å². The van der Waals surface area contributed by atoms with Gasteiger partial charge in [0.05, 0.1) is 19.3 Å². The summed E-state index contributed by atoms with van der Waals surface area (Å²) in [4.78, 5) is 10.9. The van der Waals surface area contributed by atoms with Crippen LogP contribution >= 0.6 is 0 Å². The predicted octanol–water partition coefficient (Wildman–Crippen LogP) is -0.497. The van der Waals surface area contributed by atoms with E-state index in [0.717, 1.165) is 26.2 Å². The van der Waals surface area contributed by atoms with Gasteiger partial charge in [0.2, 0.25) is 5.91 Å². The molecule has 0 aromatic carbocycles. The second-order valence-corrected chi connectivity index (χ2v) is 3.84. The number of carbonyl (C=O) groups excluding carboxylic acids is 1. The first-order chi connectivity index (χ1) is 7.24. The number of nitrogens with one attached hydrogen (secondary N) is 1. The molecular weight excluding hydrogens is 196 g/mol. The van der Waals surface area contributed by atoms with Crippen LogP contribution in [0.4, 0.5) is 0 Å². The van der Waals surface area contributed by atoms with Crippen molar-refractivity contribution in [1.29, 1.82) is 0 Å². The van der Waals surface area contributed by atoms with E-state index in [9.17, 15) is 4.79 Å². The first-order valence-electron chi connectivity index (χ1n) is 5.36. The Morgan fingerprint density at radius 2 is 2.53 bits per heavy atom. The van der Waals surface area contributed by atoms with Crippen LogP contribution in [0.5, 0.6) is 0 Å². The van der Waals surface area contributed by atoms with Gasteiger partial charge in [-0.3, -0.25) is 4.79 Å². The van der Waals surface area contributed by atoms with Gasteiger partial charge in [-0.25, -0.2) is 0 Å². The Kier molecular flexibility index (Phi) is 5.60. The average molecular weight is 216 g/mol. The summed E-state index contributed by atoms with van der Waals surface area (Å²) in [6.07, 6.45) is 1.70. The fourth-order valence-electron chi connectivity index (χ4n) is 1.59. The summed E-state index contributed by atoms with van der Waals surface area (Å²) in [6.45, 7) is 2.92. The van der Waals surface area contributed by atoms with Crippen LogP contribution in [0.3, 0.4) is 0 Å². The number of carbonyl (C=O) groups is 1. The average Bonchev–Trinajstić information content (AvgIpc) is 2.70. The molecule has 5 nitrogen and oxygen atoms in total. The fraction of sp³-hybridized carbons (Fsp3) is 0.900. The molecular formula is C10H20N2O3. The summed E-state index contributed by atoms with van der Waals surface area (Å²) in [5.74, 6) is 0.192. The SMILES string of the molecule is CNC(CCOCC1CCOC1)C(N)=O. The smallest absolute Gasteiger partial charge is 0.234 e. The van der Waals surface area contributed by atoms with Gasteiger partial charge in [0.25, 0.3) is 0 Å². The molecule has 0 aliphatic carbocycles. The Labute approximate surface area is 90.3 Å². The standard InChI is InChI=1S/C10H20N2O3/c1-12-9(10(11)13)3-5-15-7-8-2-4-14-6-8/h8-9,12H,2-7H2,1H3,(H2,11,13). The van der Waals surface area contributed by atoms with E-state index in [1.165, 1.54) is 0 Å². The minimum Gasteiger partial charge on any atom is -0.381 e. The number of primary amides is 1. The molecule has 5 heteroatoms. The van der Waals surface area contributed by atoms with Crippen LogP contribution in [0.25, 0.3) is 0 Å². The van der Waals surface area contributed by atoms with Crippen LogP contribution in [-0.4, -0.2) is 45.4 Å². The minimum atomic E-state index is -0.328. The Bertz CT molecular complexity index is 193. The van der Waals surface area contributed by atoms with Gasteiger partial charge in [0, 0.05) is 19.1 Å². The molecule has 0 bridgehead atoms. The van der Waals surface area contributed by atoms with Crippen molar-refractivity contribution in [2.24, 2.45) is 11.7 Å². The monoisotopic (exact) mass is 216 g/mol. The minimum absolute atomic E-state index is 0.287. The Morgan fingerprint density at radius 3 is 3.07 bits per heavy atom. The second-order valence-electron chi connectivity index (χ2n) is 3.84. The maximum atomic E-state index is 10.9. The lowest BCUT2D eigenvalue weighted by Gasteiger charge is -2.13. The van der Waals surface area contributed by atoms with Crippen molar-refractivity contribution in [3.05, 3.63) is 0 Å². The number of amides is 1. The van der Waals surface area contributed by atoms with Crippen molar-refractivity contribution < 1.29 is 14.3 Å². The third kappa shape index (κ3) is 4.59. The van der Waals surface area contributed by atoms with E-state index in [-0.39, 0.29) is 11.9 Å². The van der Waals surface area contributed by atoms with Gasteiger partial charge >= 0.3 is 0 Å². The van der Waals surface area contributed by atoms with Crippen molar-refractivity contribution in [2.45, 2.75) is 18.9 Å². The highest BCUT2D eigenvalue weighted by Gasteiger charge is 2.16. The van der Waals surface area contributed by atoms with Crippen molar-refractivity contribution in [1.82, 2.24) is 5.32 Å². The molecule has 3 N–H and O–H groups in total. The lowest BCUT2D eigenvalue weighted by atomic mass is 10.1. The van der Waals surface area contributed by atoms with Crippen LogP contribution in [-0.2, 0) is 14.3 Å². The zero-order chi connectivity index (χ0) is 11.1. The molecule has 1 fully saturated rings. The largest absolute Gasteiger partial charge is 0.381 e. The molecule has 1 heterocycles. The molecule has 88 valence electrons. The highest BCUT2D eigenvalue weighted by Crippen LogP contribution is 2.12. The molecule has 0 aromatic heterocycles. The molecule has 0 spiro atoms. The second kappa shape index (κ2) is 6.76. The van der Waals surface area contributed by atoms with E-state index < -0.39 is 0 Å². The van der Waals surface area contributed by atoms with Gasteiger partial charge in [-0.1, -0.05) is 0 Å². The molecule has 1 saturated heterocycles. The molecule has 2 atom stereocenters. The molecule has 0 radical (unpaired) electrons.